The topological polar surface area (TPSA) is 104 Å². The number of rotatable bonds is 8. The molecular weight excluding hydrogens is 200 g/mol. The Hall–Kier alpha value is -1.14. The van der Waals surface area contributed by atoms with Gasteiger partial charge in [-0.25, -0.2) is 0 Å². The standard InChI is InChI=1S/C9H18N2O4/c1-7(10)6-11(4-2-8(12)13)5-3-9(14)15/h7H,2-6,10H2,1H3,(H,12,13)(H,14,15). The van der Waals surface area contributed by atoms with Crippen molar-refractivity contribution in [2.24, 2.45) is 5.73 Å². The van der Waals surface area contributed by atoms with E-state index in [1.54, 1.807) is 11.8 Å². The Morgan fingerprint density at radius 3 is 1.87 bits per heavy atom. The molecule has 0 heterocycles. The molecule has 0 amide bonds. The minimum atomic E-state index is -0.889. The lowest BCUT2D eigenvalue weighted by Crippen LogP contribution is -2.38. The number of carbonyl (C=O) groups is 2. The number of carboxylic acids is 2. The third kappa shape index (κ3) is 9.17. The van der Waals surface area contributed by atoms with Crippen molar-refractivity contribution < 1.29 is 19.8 Å². The SMILES string of the molecule is CC(N)CN(CCC(=O)O)CCC(=O)O. The van der Waals surface area contributed by atoms with Crippen molar-refractivity contribution in [3.05, 3.63) is 0 Å². The summed E-state index contributed by atoms with van der Waals surface area (Å²) in [5, 5.41) is 17.0. The largest absolute Gasteiger partial charge is 0.481 e. The van der Waals surface area contributed by atoms with Gasteiger partial charge in [0.1, 0.15) is 0 Å². The van der Waals surface area contributed by atoms with Crippen LogP contribution in [-0.4, -0.2) is 52.7 Å². The van der Waals surface area contributed by atoms with Crippen LogP contribution < -0.4 is 5.73 Å². The monoisotopic (exact) mass is 218 g/mol. The van der Waals surface area contributed by atoms with Crippen molar-refractivity contribution in [3.63, 3.8) is 0 Å². The van der Waals surface area contributed by atoms with Crippen LogP contribution in [0, 0.1) is 0 Å². The zero-order valence-corrected chi connectivity index (χ0v) is 8.85. The number of carboxylic acid groups (broad SMARTS) is 2. The maximum Gasteiger partial charge on any atom is 0.304 e. The first-order valence-corrected chi connectivity index (χ1v) is 4.83. The Morgan fingerprint density at radius 2 is 1.60 bits per heavy atom. The molecule has 0 bridgehead atoms. The van der Waals surface area contributed by atoms with Gasteiger partial charge in [-0.15, -0.1) is 0 Å². The third-order valence-electron chi connectivity index (χ3n) is 1.83. The summed E-state index contributed by atoms with van der Waals surface area (Å²) in [5.41, 5.74) is 5.57. The first-order chi connectivity index (χ1) is 6.91. The lowest BCUT2D eigenvalue weighted by Gasteiger charge is -2.22. The molecule has 0 aromatic heterocycles. The summed E-state index contributed by atoms with van der Waals surface area (Å²) in [6, 6.07) is -0.0902. The fourth-order valence-corrected chi connectivity index (χ4v) is 1.21. The molecule has 0 rings (SSSR count). The highest BCUT2D eigenvalue weighted by Crippen LogP contribution is 1.96. The molecule has 1 unspecified atom stereocenters. The van der Waals surface area contributed by atoms with Crippen molar-refractivity contribution >= 4 is 11.9 Å². The van der Waals surface area contributed by atoms with E-state index < -0.39 is 11.9 Å². The summed E-state index contributed by atoms with van der Waals surface area (Å²) >= 11 is 0. The normalized spacial score (nSPS) is 12.7. The van der Waals surface area contributed by atoms with Crippen molar-refractivity contribution in [1.29, 1.82) is 0 Å². The van der Waals surface area contributed by atoms with Crippen molar-refractivity contribution in [3.8, 4) is 0 Å². The van der Waals surface area contributed by atoms with E-state index in [4.69, 9.17) is 15.9 Å². The van der Waals surface area contributed by atoms with Crippen LogP contribution >= 0.6 is 0 Å². The van der Waals surface area contributed by atoms with Crippen LogP contribution in [0.25, 0.3) is 0 Å². The van der Waals surface area contributed by atoms with E-state index in [0.717, 1.165) is 0 Å². The molecule has 0 saturated carbocycles. The Morgan fingerprint density at radius 1 is 1.20 bits per heavy atom. The number of hydrogen-bond acceptors (Lipinski definition) is 4. The molecule has 15 heavy (non-hydrogen) atoms. The minimum Gasteiger partial charge on any atom is -0.481 e. The second-order valence-corrected chi connectivity index (χ2v) is 3.57. The highest BCUT2D eigenvalue weighted by Gasteiger charge is 2.10. The van der Waals surface area contributed by atoms with Gasteiger partial charge in [0, 0.05) is 25.7 Å². The fraction of sp³-hybridized carbons (Fsp3) is 0.778. The number of aliphatic carboxylic acids is 2. The van der Waals surface area contributed by atoms with E-state index in [0.29, 0.717) is 19.6 Å². The molecular formula is C9H18N2O4. The van der Waals surface area contributed by atoms with Crippen LogP contribution in [0.3, 0.4) is 0 Å². The van der Waals surface area contributed by atoms with Crippen molar-refractivity contribution in [2.75, 3.05) is 19.6 Å². The Kier molecular flexibility index (Phi) is 6.64. The van der Waals surface area contributed by atoms with E-state index in [1.807, 2.05) is 0 Å². The van der Waals surface area contributed by atoms with Crippen molar-refractivity contribution in [1.82, 2.24) is 4.90 Å². The first kappa shape index (κ1) is 13.9. The van der Waals surface area contributed by atoms with Gasteiger partial charge >= 0.3 is 11.9 Å². The van der Waals surface area contributed by atoms with Gasteiger partial charge in [-0.2, -0.15) is 0 Å². The van der Waals surface area contributed by atoms with Gasteiger partial charge in [0.05, 0.1) is 12.8 Å². The molecule has 0 fully saturated rings. The van der Waals surface area contributed by atoms with Crippen LogP contribution in [0.15, 0.2) is 0 Å². The van der Waals surface area contributed by atoms with Crippen LogP contribution in [0.5, 0.6) is 0 Å². The van der Waals surface area contributed by atoms with Crippen LogP contribution in [-0.2, 0) is 9.59 Å². The first-order valence-electron chi connectivity index (χ1n) is 4.83. The van der Waals surface area contributed by atoms with Crippen LogP contribution in [0.1, 0.15) is 19.8 Å². The zero-order valence-electron chi connectivity index (χ0n) is 8.85. The summed E-state index contributed by atoms with van der Waals surface area (Å²) < 4.78 is 0. The zero-order chi connectivity index (χ0) is 11.8. The Bertz CT molecular complexity index is 200. The Balaban J connectivity index is 3.94. The van der Waals surface area contributed by atoms with E-state index in [9.17, 15) is 9.59 Å². The summed E-state index contributed by atoms with van der Waals surface area (Å²) in [5.74, 6) is -1.78. The Labute approximate surface area is 88.7 Å². The molecule has 88 valence electrons. The molecule has 4 N–H and O–H groups in total. The summed E-state index contributed by atoms with van der Waals surface area (Å²) in [4.78, 5) is 22.5. The average Bonchev–Trinajstić information content (AvgIpc) is 2.08. The fourth-order valence-electron chi connectivity index (χ4n) is 1.21. The molecule has 0 radical (unpaired) electrons. The van der Waals surface area contributed by atoms with E-state index in [1.165, 1.54) is 0 Å². The van der Waals surface area contributed by atoms with Gasteiger partial charge in [0.2, 0.25) is 0 Å². The molecule has 1 atom stereocenters. The quantitative estimate of drug-likeness (QED) is 0.511. The highest BCUT2D eigenvalue weighted by molar-refractivity contribution is 5.67. The average molecular weight is 218 g/mol. The second kappa shape index (κ2) is 7.19. The van der Waals surface area contributed by atoms with Gasteiger partial charge in [0.25, 0.3) is 0 Å². The predicted octanol–water partition coefficient (Wildman–Crippen LogP) is -0.415. The predicted molar refractivity (Wildman–Crippen MR) is 54.6 cm³/mol. The van der Waals surface area contributed by atoms with Gasteiger partial charge in [-0.05, 0) is 6.92 Å². The minimum absolute atomic E-state index is 0.00629. The lowest BCUT2D eigenvalue weighted by atomic mass is 10.2. The van der Waals surface area contributed by atoms with Gasteiger partial charge in [-0.3, -0.25) is 9.59 Å². The summed E-state index contributed by atoms with van der Waals surface area (Å²) in [7, 11) is 0. The third-order valence-corrected chi connectivity index (χ3v) is 1.83. The molecule has 6 heteroatoms. The van der Waals surface area contributed by atoms with E-state index in [-0.39, 0.29) is 18.9 Å². The molecule has 0 aromatic rings. The molecule has 0 aliphatic carbocycles. The number of nitrogens with two attached hydrogens (primary N) is 1. The smallest absolute Gasteiger partial charge is 0.304 e. The molecule has 6 nitrogen and oxygen atoms in total. The maximum atomic E-state index is 10.4. The van der Waals surface area contributed by atoms with Gasteiger partial charge in [-0.1, -0.05) is 0 Å². The molecule has 0 saturated heterocycles. The van der Waals surface area contributed by atoms with Crippen LogP contribution in [0.2, 0.25) is 0 Å². The maximum absolute atomic E-state index is 10.4. The van der Waals surface area contributed by atoms with Crippen LogP contribution in [0.4, 0.5) is 0 Å². The molecule has 0 spiro atoms. The molecule has 0 aliphatic heterocycles. The number of hydrogen-bond donors (Lipinski definition) is 3. The van der Waals surface area contributed by atoms with E-state index >= 15 is 0 Å². The molecule has 0 aliphatic rings. The number of nitrogens with zero attached hydrogens (tertiary/aromatic N) is 1. The second-order valence-electron chi connectivity index (χ2n) is 3.57. The summed E-state index contributed by atoms with van der Waals surface area (Å²) in [6.45, 7) is 2.99. The van der Waals surface area contributed by atoms with Gasteiger partial charge in [0.15, 0.2) is 0 Å². The molecule has 0 aromatic carbocycles. The summed E-state index contributed by atoms with van der Waals surface area (Å²) in [6.07, 6.45) is 0.0126. The lowest BCUT2D eigenvalue weighted by molar-refractivity contribution is -0.137. The van der Waals surface area contributed by atoms with Gasteiger partial charge < -0.3 is 20.8 Å². The highest BCUT2D eigenvalue weighted by atomic mass is 16.4. The van der Waals surface area contributed by atoms with Crippen molar-refractivity contribution in [2.45, 2.75) is 25.8 Å². The van der Waals surface area contributed by atoms with E-state index in [2.05, 4.69) is 0 Å².